The molecule has 6 heteroatoms. The number of methoxy groups -OCH3 is 1. The molecule has 2 rings (SSSR count). The normalized spacial score (nSPS) is 15.8. The summed E-state index contributed by atoms with van der Waals surface area (Å²) in [5.74, 6) is 1.24. The van der Waals surface area contributed by atoms with Gasteiger partial charge in [0.2, 0.25) is 5.91 Å². The molecule has 0 saturated carbocycles. The summed E-state index contributed by atoms with van der Waals surface area (Å²) in [5, 5.41) is 2.99. The van der Waals surface area contributed by atoms with Crippen LogP contribution < -0.4 is 14.8 Å². The highest BCUT2D eigenvalue weighted by atomic mass is 16.5. The van der Waals surface area contributed by atoms with Crippen LogP contribution in [0.25, 0.3) is 6.08 Å². The Morgan fingerprint density at radius 2 is 2.04 bits per heavy atom. The van der Waals surface area contributed by atoms with Crippen molar-refractivity contribution in [2.24, 2.45) is 0 Å². The summed E-state index contributed by atoms with van der Waals surface area (Å²) in [6, 6.07) is 5.60. The average molecular weight is 362 g/mol. The number of amides is 1. The number of benzene rings is 1. The molecule has 26 heavy (non-hydrogen) atoms. The van der Waals surface area contributed by atoms with Gasteiger partial charge in [-0.15, -0.1) is 0 Å². The molecule has 1 fully saturated rings. The number of carbonyl (C=O) groups is 1. The number of carbonyl (C=O) groups excluding carboxylic acids is 1. The van der Waals surface area contributed by atoms with Crippen molar-refractivity contribution in [1.29, 1.82) is 0 Å². The maximum Gasteiger partial charge on any atom is 0.244 e. The first-order valence-electron chi connectivity index (χ1n) is 9.06. The summed E-state index contributed by atoms with van der Waals surface area (Å²) >= 11 is 0. The lowest BCUT2D eigenvalue weighted by molar-refractivity contribution is -0.117. The van der Waals surface area contributed by atoms with Crippen LogP contribution >= 0.6 is 0 Å². The Balaban J connectivity index is 1.90. The lowest BCUT2D eigenvalue weighted by Gasteiger charge is -2.40. The first kappa shape index (κ1) is 20.3. The molecule has 1 aliphatic rings. The van der Waals surface area contributed by atoms with E-state index in [1.165, 1.54) is 0 Å². The zero-order valence-corrected chi connectivity index (χ0v) is 16.2. The summed E-state index contributed by atoms with van der Waals surface area (Å²) in [6.07, 6.45) is 3.32. The van der Waals surface area contributed by atoms with E-state index in [2.05, 4.69) is 24.1 Å². The molecule has 1 heterocycles. The summed E-state index contributed by atoms with van der Waals surface area (Å²) in [4.78, 5) is 14.5. The van der Waals surface area contributed by atoms with Crippen LogP contribution in [-0.4, -0.2) is 62.9 Å². The van der Waals surface area contributed by atoms with E-state index in [1.807, 2.05) is 25.1 Å². The third-order valence-electron chi connectivity index (χ3n) is 4.48. The maximum absolute atomic E-state index is 12.2. The molecule has 0 spiro atoms. The molecule has 1 aromatic rings. The zero-order chi connectivity index (χ0) is 19.0. The largest absolute Gasteiger partial charge is 0.493 e. The van der Waals surface area contributed by atoms with Gasteiger partial charge >= 0.3 is 0 Å². The SMILES string of the molecule is CCOc1ccc(/C=C/C(=O)NCC(C)(C)N2CCOCC2)cc1OC. The van der Waals surface area contributed by atoms with Gasteiger partial charge in [0.1, 0.15) is 0 Å². The third-order valence-corrected chi connectivity index (χ3v) is 4.48. The standard InChI is InChI=1S/C20H30N2O4/c1-5-26-17-8-6-16(14-18(17)24-4)7-9-19(23)21-15-20(2,3)22-10-12-25-13-11-22/h6-9,14H,5,10-13,15H2,1-4H3,(H,21,23)/b9-7+. The Kier molecular flexibility index (Phi) is 7.48. The van der Waals surface area contributed by atoms with Gasteiger partial charge in [0, 0.05) is 31.2 Å². The smallest absolute Gasteiger partial charge is 0.244 e. The molecule has 0 unspecified atom stereocenters. The summed E-state index contributed by atoms with van der Waals surface area (Å²) in [6.45, 7) is 10.6. The number of rotatable bonds is 8. The molecule has 1 aliphatic heterocycles. The van der Waals surface area contributed by atoms with Crippen molar-refractivity contribution in [3.05, 3.63) is 29.8 Å². The highest BCUT2D eigenvalue weighted by Gasteiger charge is 2.28. The van der Waals surface area contributed by atoms with Crippen molar-refractivity contribution in [3.8, 4) is 11.5 Å². The minimum atomic E-state index is -0.112. The molecule has 0 bridgehead atoms. The van der Waals surface area contributed by atoms with Gasteiger partial charge in [-0.25, -0.2) is 0 Å². The second-order valence-electron chi connectivity index (χ2n) is 6.81. The van der Waals surface area contributed by atoms with E-state index in [9.17, 15) is 4.79 Å². The predicted molar refractivity (Wildman–Crippen MR) is 103 cm³/mol. The van der Waals surface area contributed by atoms with Crippen LogP contribution in [0.5, 0.6) is 11.5 Å². The van der Waals surface area contributed by atoms with Crippen LogP contribution in [0.15, 0.2) is 24.3 Å². The Bertz CT molecular complexity index is 622. The van der Waals surface area contributed by atoms with E-state index in [-0.39, 0.29) is 11.4 Å². The second kappa shape index (κ2) is 9.59. The molecule has 1 N–H and O–H groups in total. The van der Waals surface area contributed by atoms with E-state index in [0.717, 1.165) is 31.9 Å². The van der Waals surface area contributed by atoms with Crippen molar-refractivity contribution in [2.45, 2.75) is 26.3 Å². The number of nitrogens with zero attached hydrogens (tertiary/aromatic N) is 1. The van der Waals surface area contributed by atoms with Gasteiger partial charge in [-0.3, -0.25) is 9.69 Å². The molecule has 0 aromatic heterocycles. The predicted octanol–water partition coefficient (Wildman–Crippen LogP) is 2.33. The van der Waals surface area contributed by atoms with Gasteiger partial charge in [0.05, 0.1) is 26.9 Å². The minimum Gasteiger partial charge on any atom is -0.493 e. The lowest BCUT2D eigenvalue weighted by atomic mass is 10.0. The van der Waals surface area contributed by atoms with Crippen LogP contribution in [0, 0.1) is 0 Å². The number of hydrogen-bond donors (Lipinski definition) is 1. The first-order valence-corrected chi connectivity index (χ1v) is 9.06. The molecule has 1 amide bonds. The first-order chi connectivity index (χ1) is 12.5. The summed E-state index contributed by atoms with van der Waals surface area (Å²) < 4.78 is 16.2. The van der Waals surface area contributed by atoms with Gasteiger partial charge in [0.15, 0.2) is 11.5 Å². The van der Waals surface area contributed by atoms with E-state index < -0.39 is 0 Å². The molecule has 0 radical (unpaired) electrons. The molecule has 1 saturated heterocycles. The molecular formula is C20H30N2O4. The fourth-order valence-corrected chi connectivity index (χ4v) is 2.88. The topological polar surface area (TPSA) is 60.0 Å². The van der Waals surface area contributed by atoms with E-state index in [4.69, 9.17) is 14.2 Å². The van der Waals surface area contributed by atoms with Crippen molar-refractivity contribution >= 4 is 12.0 Å². The number of hydrogen-bond acceptors (Lipinski definition) is 5. The fourth-order valence-electron chi connectivity index (χ4n) is 2.88. The molecule has 0 atom stereocenters. The summed E-state index contributed by atoms with van der Waals surface area (Å²) in [5.41, 5.74) is 0.781. The Morgan fingerprint density at radius 1 is 1.31 bits per heavy atom. The van der Waals surface area contributed by atoms with Crippen molar-refractivity contribution in [1.82, 2.24) is 10.2 Å². The third kappa shape index (κ3) is 5.75. The van der Waals surface area contributed by atoms with Gasteiger partial charge in [-0.1, -0.05) is 6.07 Å². The highest BCUT2D eigenvalue weighted by molar-refractivity contribution is 5.91. The van der Waals surface area contributed by atoms with E-state index >= 15 is 0 Å². The Hall–Kier alpha value is -2.05. The Labute approximate surface area is 156 Å². The molecule has 144 valence electrons. The van der Waals surface area contributed by atoms with E-state index in [1.54, 1.807) is 19.3 Å². The van der Waals surface area contributed by atoms with Crippen LogP contribution in [-0.2, 0) is 9.53 Å². The van der Waals surface area contributed by atoms with Crippen molar-refractivity contribution in [3.63, 3.8) is 0 Å². The monoisotopic (exact) mass is 362 g/mol. The average Bonchev–Trinajstić information content (AvgIpc) is 2.66. The molecular weight excluding hydrogens is 332 g/mol. The van der Waals surface area contributed by atoms with Gasteiger partial charge in [0.25, 0.3) is 0 Å². The second-order valence-corrected chi connectivity index (χ2v) is 6.81. The number of nitrogens with one attached hydrogen (secondary N) is 1. The highest BCUT2D eigenvalue weighted by Crippen LogP contribution is 2.28. The number of morpholine rings is 1. The van der Waals surface area contributed by atoms with Gasteiger partial charge in [-0.05, 0) is 44.5 Å². The zero-order valence-electron chi connectivity index (χ0n) is 16.2. The van der Waals surface area contributed by atoms with Gasteiger partial charge in [-0.2, -0.15) is 0 Å². The van der Waals surface area contributed by atoms with Gasteiger partial charge < -0.3 is 19.5 Å². The van der Waals surface area contributed by atoms with Crippen LogP contribution in [0.4, 0.5) is 0 Å². The van der Waals surface area contributed by atoms with Crippen LogP contribution in [0.1, 0.15) is 26.3 Å². The molecule has 1 aromatic carbocycles. The quantitative estimate of drug-likeness (QED) is 0.719. The fraction of sp³-hybridized carbons (Fsp3) is 0.550. The van der Waals surface area contributed by atoms with Crippen molar-refractivity contribution in [2.75, 3.05) is 46.6 Å². The van der Waals surface area contributed by atoms with Crippen molar-refractivity contribution < 1.29 is 19.0 Å². The minimum absolute atomic E-state index is 0.102. The molecule has 6 nitrogen and oxygen atoms in total. The van der Waals surface area contributed by atoms with Crippen LogP contribution in [0.3, 0.4) is 0 Å². The lowest BCUT2D eigenvalue weighted by Crippen LogP contribution is -2.55. The Morgan fingerprint density at radius 3 is 2.69 bits per heavy atom. The molecule has 0 aliphatic carbocycles. The summed E-state index contributed by atoms with van der Waals surface area (Å²) in [7, 11) is 1.60. The number of ether oxygens (including phenoxy) is 3. The maximum atomic E-state index is 12.2. The van der Waals surface area contributed by atoms with E-state index in [0.29, 0.717) is 24.7 Å². The van der Waals surface area contributed by atoms with Crippen LogP contribution in [0.2, 0.25) is 0 Å².